The first kappa shape index (κ1) is 16.0. The third-order valence-electron chi connectivity index (χ3n) is 4.47. The molecule has 0 radical (unpaired) electrons. The maximum atomic E-state index is 12.6. The lowest BCUT2D eigenvalue weighted by Gasteiger charge is -2.31. The van der Waals surface area contributed by atoms with Crippen molar-refractivity contribution in [2.75, 3.05) is 23.4 Å². The van der Waals surface area contributed by atoms with Gasteiger partial charge in [0.1, 0.15) is 0 Å². The average molecular weight is 336 g/mol. The molecule has 1 aromatic carbocycles. The van der Waals surface area contributed by atoms with E-state index in [0.717, 1.165) is 16.8 Å². The Kier molecular flexibility index (Phi) is 4.14. The summed E-state index contributed by atoms with van der Waals surface area (Å²) in [6.07, 6.45) is 1.09. The summed E-state index contributed by atoms with van der Waals surface area (Å²) in [5.41, 5.74) is 2.87. The Morgan fingerprint density at radius 1 is 1.30 bits per heavy atom. The van der Waals surface area contributed by atoms with Crippen LogP contribution in [0.15, 0.2) is 18.2 Å². The van der Waals surface area contributed by atoms with E-state index in [-0.39, 0.29) is 23.3 Å². The van der Waals surface area contributed by atoms with Gasteiger partial charge in [0.15, 0.2) is 9.84 Å². The summed E-state index contributed by atoms with van der Waals surface area (Å²) in [6.45, 7) is 2.50. The van der Waals surface area contributed by atoms with Gasteiger partial charge in [0.2, 0.25) is 11.8 Å². The van der Waals surface area contributed by atoms with Crippen LogP contribution in [0.25, 0.3) is 0 Å². The molecule has 0 aliphatic carbocycles. The van der Waals surface area contributed by atoms with Crippen LogP contribution in [0.1, 0.15) is 24.5 Å². The monoisotopic (exact) mass is 336 g/mol. The van der Waals surface area contributed by atoms with Gasteiger partial charge in [-0.2, -0.15) is 0 Å². The Bertz CT molecular complexity index is 757. The minimum absolute atomic E-state index is 0.0267. The molecule has 0 spiro atoms. The predicted octanol–water partition coefficient (Wildman–Crippen LogP) is 0.964. The van der Waals surface area contributed by atoms with Crippen LogP contribution in [0.5, 0.6) is 0 Å². The second kappa shape index (κ2) is 5.96. The van der Waals surface area contributed by atoms with Crippen LogP contribution in [0.3, 0.4) is 0 Å². The topological polar surface area (TPSA) is 83.6 Å². The van der Waals surface area contributed by atoms with Gasteiger partial charge in [-0.3, -0.25) is 9.59 Å². The van der Waals surface area contributed by atoms with Gasteiger partial charge in [0, 0.05) is 25.7 Å². The fourth-order valence-corrected chi connectivity index (χ4v) is 5.08. The summed E-state index contributed by atoms with van der Waals surface area (Å²) in [5.74, 6) is -0.503. The van der Waals surface area contributed by atoms with E-state index in [2.05, 4.69) is 5.32 Å². The number of rotatable bonds is 2. The Morgan fingerprint density at radius 3 is 2.74 bits per heavy atom. The first-order valence-electron chi connectivity index (χ1n) is 7.73. The minimum atomic E-state index is -3.05. The molecule has 3 rings (SSSR count). The predicted molar refractivity (Wildman–Crippen MR) is 86.6 cm³/mol. The molecule has 1 aromatic rings. The summed E-state index contributed by atoms with van der Waals surface area (Å²) in [4.78, 5) is 25.6. The Balaban J connectivity index is 1.76. The Labute approximate surface area is 135 Å². The molecule has 0 bridgehead atoms. The zero-order chi connectivity index (χ0) is 16.6. The first-order chi connectivity index (χ1) is 10.9. The summed E-state index contributed by atoms with van der Waals surface area (Å²) in [6, 6.07) is 5.67. The molecule has 2 aliphatic heterocycles. The van der Waals surface area contributed by atoms with E-state index in [4.69, 9.17) is 0 Å². The third kappa shape index (κ3) is 3.39. The molecule has 1 N–H and O–H groups in total. The molecule has 0 aromatic heterocycles. The summed E-state index contributed by atoms with van der Waals surface area (Å²) >= 11 is 0. The highest BCUT2D eigenvalue weighted by molar-refractivity contribution is 7.91. The maximum Gasteiger partial charge on any atom is 0.227 e. The highest BCUT2D eigenvalue weighted by atomic mass is 32.2. The number of carbonyl (C=O) groups excluding carboxylic acids is 2. The molecule has 6 nitrogen and oxygen atoms in total. The molecule has 23 heavy (non-hydrogen) atoms. The van der Waals surface area contributed by atoms with E-state index < -0.39 is 15.8 Å². The maximum absolute atomic E-state index is 12.6. The summed E-state index contributed by atoms with van der Waals surface area (Å²) in [5, 5.41) is 2.82. The summed E-state index contributed by atoms with van der Waals surface area (Å²) < 4.78 is 23.1. The van der Waals surface area contributed by atoms with Gasteiger partial charge >= 0.3 is 0 Å². The lowest BCUT2D eigenvalue weighted by Crippen LogP contribution is -2.40. The van der Waals surface area contributed by atoms with E-state index >= 15 is 0 Å². The zero-order valence-electron chi connectivity index (χ0n) is 13.0. The van der Waals surface area contributed by atoms with E-state index in [1.165, 1.54) is 6.92 Å². The van der Waals surface area contributed by atoms with Gasteiger partial charge in [-0.25, -0.2) is 8.42 Å². The molecule has 0 unspecified atom stereocenters. The van der Waals surface area contributed by atoms with Gasteiger partial charge in [-0.1, -0.05) is 12.1 Å². The molecule has 2 heterocycles. The van der Waals surface area contributed by atoms with Gasteiger partial charge in [-0.15, -0.1) is 0 Å². The smallest absolute Gasteiger partial charge is 0.227 e. The van der Waals surface area contributed by atoms with Crippen LogP contribution >= 0.6 is 0 Å². The molecule has 1 atom stereocenters. The molecule has 2 aliphatic rings. The van der Waals surface area contributed by atoms with Crippen molar-refractivity contribution in [1.82, 2.24) is 4.90 Å². The number of benzene rings is 1. The van der Waals surface area contributed by atoms with Crippen molar-refractivity contribution in [3.05, 3.63) is 29.3 Å². The van der Waals surface area contributed by atoms with Crippen molar-refractivity contribution in [3.63, 3.8) is 0 Å². The number of fused-ring (bicyclic) bond motifs is 1. The van der Waals surface area contributed by atoms with Gasteiger partial charge in [-0.05, 0) is 30.0 Å². The number of hydrogen-bond acceptors (Lipinski definition) is 4. The number of anilines is 1. The Morgan fingerprint density at radius 2 is 2.09 bits per heavy atom. The van der Waals surface area contributed by atoms with Gasteiger partial charge in [0.25, 0.3) is 0 Å². The van der Waals surface area contributed by atoms with Crippen molar-refractivity contribution in [2.24, 2.45) is 5.92 Å². The number of carbonyl (C=O) groups is 2. The van der Waals surface area contributed by atoms with Crippen molar-refractivity contribution in [2.45, 2.75) is 26.3 Å². The second-order valence-corrected chi connectivity index (χ2v) is 8.46. The fraction of sp³-hybridized carbons (Fsp3) is 0.500. The van der Waals surface area contributed by atoms with Crippen LogP contribution in [0, 0.1) is 5.92 Å². The lowest BCUT2D eigenvalue weighted by molar-refractivity contribution is -0.135. The lowest BCUT2D eigenvalue weighted by atomic mass is 9.96. The Hall–Kier alpha value is -1.89. The van der Waals surface area contributed by atoms with Gasteiger partial charge < -0.3 is 10.2 Å². The molecular formula is C16H20N2O4S. The van der Waals surface area contributed by atoms with Crippen LogP contribution in [0.4, 0.5) is 5.69 Å². The SMILES string of the molecule is CC(=O)Nc1cccc2c1CCN(C(=O)[C@H]1CCS(=O)(=O)C1)C2. The highest BCUT2D eigenvalue weighted by Gasteiger charge is 2.36. The molecule has 124 valence electrons. The van der Waals surface area contributed by atoms with Crippen molar-refractivity contribution in [1.29, 1.82) is 0 Å². The second-order valence-electron chi connectivity index (χ2n) is 6.23. The number of sulfone groups is 1. The van der Waals surface area contributed by atoms with Crippen molar-refractivity contribution in [3.8, 4) is 0 Å². The quantitative estimate of drug-likeness (QED) is 0.872. The largest absolute Gasteiger partial charge is 0.338 e. The number of nitrogens with one attached hydrogen (secondary N) is 1. The molecule has 0 saturated carbocycles. The minimum Gasteiger partial charge on any atom is -0.338 e. The molecule has 1 fully saturated rings. The van der Waals surface area contributed by atoms with Crippen molar-refractivity contribution >= 4 is 27.3 Å². The molecular weight excluding hydrogens is 316 g/mol. The van der Waals surface area contributed by atoms with E-state index in [9.17, 15) is 18.0 Å². The number of nitrogens with zero attached hydrogens (tertiary/aromatic N) is 1. The number of hydrogen-bond donors (Lipinski definition) is 1. The van der Waals surface area contributed by atoms with E-state index in [1.54, 1.807) is 4.90 Å². The highest BCUT2D eigenvalue weighted by Crippen LogP contribution is 2.28. The number of amides is 2. The molecule has 7 heteroatoms. The third-order valence-corrected chi connectivity index (χ3v) is 6.24. The van der Waals surface area contributed by atoms with E-state index in [0.29, 0.717) is 25.9 Å². The van der Waals surface area contributed by atoms with Crippen molar-refractivity contribution < 1.29 is 18.0 Å². The fourth-order valence-electron chi connectivity index (χ4n) is 3.35. The van der Waals surface area contributed by atoms with Crippen LogP contribution in [0.2, 0.25) is 0 Å². The molecule has 1 saturated heterocycles. The van der Waals surface area contributed by atoms with E-state index in [1.807, 2.05) is 18.2 Å². The molecule has 2 amide bonds. The van der Waals surface area contributed by atoms with Crippen LogP contribution in [-0.2, 0) is 32.4 Å². The normalized spacial score (nSPS) is 22.5. The van der Waals surface area contributed by atoms with Crippen LogP contribution in [-0.4, -0.2) is 43.2 Å². The zero-order valence-corrected chi connectivity index (χ0v) is 13.9. The van der Waals surface area contributed by atoms with Gasteiger partial charge in [0.05, 0.1) is 17.4 Å². The van der Waals surface area contributed by atoms with Crippen LogP contribution < -0.4 is 5.32 Å². The standard InChI is InChI=1S/C16H20N2O4S/c1-11(19)17-15-4-2-3-12-9-18(7-5-14(12)15)16(20)13-6-8-23(21,22)10-13/h2-4,13H,5-10H2,1H3,(H,17,19)/t13-/m0/s1. The average Bonchev–Trinajstić information content (AvgIpc) is 2.86. The summed E-state index contributed by atoms with van der Waals surface area (Å²) in [7, 11) is -3.05. The first-order valence-corrected chi connectivity index (χ1v) is 9.55.